The van der Waals surface area contributed by atoms with Crippen LogP contribution in [0.2, 0.25) is 19.6 Å². The Labute approximate surface area is 204 Å². The molecule has 3 nitrogen and oxygen atoms in total. The quantitative estimate of drug-likeness (QED) is 0.355. The first-order valence-corrected chi connectivity index (χ1v) is 14.2. The molecule has 0 saturated heterocycles. The van der Waals surface area contributed by atoms with Gasteiger partial charge in [0.1, 0.15) is 5.69 Å². The summed E-state index contributed by atoms with van der Waals surface area (Å²) in [5, 5.41) is 10.4. The van der Waals surface area contributed by atoms with E-state index in [0.29, 0.717) is 6.54 Å². The maximum atomic E-state index is 4.56. The van der Waals surface area contributed by atoms with Crippen molar-refractivity contribution in [3.63, 3.8) is 0 Å². The van der Waals surface area contributed by atoms with Crippen molar-refractivity contribution in [2.75, 3.05) is 0 Å². The van der Waals surface area contributed by atoms with Crippen molar-refractivity contribution >= 4 is 18.8 Å². The van der Waals surface area contributed by atoms with Gasteiger partial charge in [-0.15, -0.1) is 10.8 Å². The van der Waals surface area contributed by atoms with Crippen LogP contribution in [0.5, 0.6) is 0 Å². The summed E-state index contributed by atoms with van der Waals surface area (Å²) in [6.07, 6.45) is 18.3. The fourth-order valence-corrected chi connectivity index (χ4v) is 4.91. The standard InChI is InChI=1S/C22H26N3Si.C5H5.Fe/c1-17(2)15-20(26(3,4)5)22-21(19-13-9-10-14-19)23-24-25(22)16-18-11-7-6-8-12-18;1-2-4-5-3-1;/h6-14H,16H2,1-5H3;1-5H;. The van der Waals surface area contributed by atoms with Crippen molar-refractivity contribution in [1.82, 2.24) is 15.0 Å². The van der Waals surface area contributed by atoms with Crippen LogP contribution in [0, 0.1) is 12.8 Å². The Morgan fingerprint density at radius 1 is 0.938 bits per heavy atom. The van der Waals surface area contributed by atoms with Crippen molar-refractivity contribution in [1.29, 1.82) is 0 Å². The third kappa shape index (κ3) is 7.05. The summed E-state index contributed by atoms with van der Waals surface area (Å²) in [5.74, 6) is 0. The van der Waals surface area contributed by atoms with Gasteiger partial charge in [-0.1, -0.05) is 97.7 Å². The Balaban J connectivity index is 0.000000534. The van der Waals surface area contributed by atoms with Crippen LogP contribution in [-0.4, -0.2) is 23.1 Å². The molecule has 1 aromatic carbocycles. The van der Waals surface area contributed by atoms with Crippen LogP contribution in [0.3, 0.4) is 0 Å². The van der Waals surface area contributed by atoms with Gasteiger partial charge in [-0.05, 0) is 25.0 Å². The molecule has 0 fully saturated rings. The Bertz CT molecular complexity index is 1080. The Morgan fingerprint density at radius 3 is 2.12 bits per heavy atom. The zero-order valence-corrected chi connectivity index (χ0v) is 21.6. The molecule has 2 aliphatic carbocycles. The molecule has 2 aliphatic rings. The second-order valence-electron chi connectivity index (χ2n) is 8.82. The second kappa shape index (κ2) is 12.0. The summed E-state index contributed by atoms with van der Waals surface area (Å²) < 4.78 is 2.04. The molecule has 0 bridgehead atoms. The van der Waals surface area contributed by atoms with Gasteiger partial charge in [0.15, 0.2) is 0 Å². The van der Waals surface area contributed by atoms with Gasteiger partial charge < -0.3 is 0 Å². The van der Waals surface area contributed by atoms with E-state index in [1.165, 1.54) is 16.3 Å². The van der Waals surface area contributed by atoms with Gasteiger partial charge in [-0.2, -0.15) is 0 Å². The van der Waals surface area contributed by atoms with Crippen molar-refractivity contribution in [3.05, 3.63) is 114 Å². The number of rotatable bonds is 5. The van der Waals surface area contributed by atoms with E-state index in [0.717, 1.165) is 17.0 Å². The van der Waals surface area contributed by atoms with Crippen LogP contribution in [0.15, 0.2) is 84.2 Å². The Hall–Kier alpha value is -2.42. The van der Waals surface area contributed by atoms with E-state index in [9.17, 15) is 0 Å². The van der Waals surface area contributed by atoms with Crippen LogP contribution < -0.4 is 0 Å². The number of nitrogens with zero attached hydrogens (tertiary/aromatic N) is 3. The predicted molar refractivity (Wildman–Crippen MR) is 135 cm³/mol. The first kappa shape index (κ1) is 25.8. The summed E-state index contributed by atoms with van der Waals surface area (Å²) >= 11 is 0. The van der Waals surface area contributed by atoms with Gasteiger partial charge in [-0.25, -0.2) is 4.68 Å². The van der Waals surface area contributed by atoms with Gasteiger partial charge in [0, 0.05) is 40.7 Å². The number of allylic oxidation sites excluding steroid dienone is 9. The molecule has 166 valence electrons. The molecule has 2 aromatic rings. The van der Waals surface area contributed by atoms with Crippen LogP contribution in [0.1, 0.15) is 30.8 Å². The molecule has 4 rings (SSSR count). The minimum absolute atomic E-state index is 0. The zero-order chi connectivity index (χ0) is 22.3. The molecule has 0 spiro atoms. The molecule has 0 unspecified atom stereocenters. The first-order chi connectivity index (χ1) is 14.9. The molecule has 0 saturated carbocycles. The van der Waals surface area contributed by atoms with Crippen molar-refractivity contribution < 1.29 is 17.1 Å². The molecule has 2 radical (unpaired) electrons. The first-order valence-electron chi connectivity index (χ1n) is 10.7. The topological polar surface area (TPSA) is 30.7 Å². The monoisotopic (exact) mass is 481 g/mol. The molecule has 32 heavy (non-hydrogen) atoms. The van der Waals surface area contributed by atoms with Crippen molar-refractivity contribution in [2.45, 2.75) is 40.0 Å². The molecule has 0 aliphatic heterocycles. The van der Waals surface area contributed by atoms with Crippen LogP contribution in [0.25, 0.3) is 10.8 Å². The van der Waals surface area contributed by atoms with Gasteiger partial charge in [0.05, 0.1) is 20.3 Å². The van der Waals surface area contributed by atoms with E-state index in [1.807, 2.05) is 54.0 Å². The normalized spacial score (nSPS) is 13.7. The smallest absolute Gasteiger partial charge is 0.120 e. The van der Waals surface area contributed by atoms with E-state index in [2.05, 4.69) is 85.9 Å². The number of aromatic nitrogens is 3. The van der Waals surface area contributed by atoms with Gasteiger partial charge in [0.25, 0.3) is 0 Å². The average molecular weight is 481 g/mol. The zero-order valence-electron chi connectivity index (χ0n) is 19.5. The van der Waals surface area contributed by atoms with Crippen molar-refractivity contribution in [3.8, 4) is 0 Å². The fraction of sp³-hybridized carbons (Fsp3) is 0.222. The number of hydrogen-bond acceptors (Lipinski definition) is 2. The fourth-order valence-electron chi connectivity index (χ4n) is 3.33. The molecule has 5 heteroatoms. The van der Waals surface area contributed by atoms with Crippen LogP contribution >= 0.6 is 0 Å². The summed E-state index contributed by atoms with van der Waals surface area (Å²) in [7, 11) is -1.66. The van der Waals surface area contributed by atoms with Crippen molar-refractivity contribution in [2.24, 2.45) is 0 Å². The summed E-state index contributed by atoms with van der Waals surface area (Å²) in [4.78, 5) is 0. The molecule has 1 aromatic heterocycles. The summed E-state index contributed by atoms with van der Waals surface area (Å²) in [5.41, 5.74) is 9.23. The third-order valence-corrected chi connectivity index (χ3v) is 6.63. The Kier molecular flexibility index (Phi) is 9.68. The number of hydrogen-bond donors (Lipinski definition) is 0. The number of benzene rings is 1. The molecule has 0 amide bonds. The maximum absolute atomic E-state index is 4.56. The minimum Gasteiger partial charge on any atom is -0.240 e. The van der Waals surface area contributed by atoms with Gasteiger partial charge >= 0.3 is 0 Å². The van der Waals surface area contributed by atoms with E-state index >= 15 is 0 Å². The summed E-state index contributed by atoms with van der Waals surface area (Å²) in [6.45, 7) is 12.0. The van der Waals surface area contributed by atoms with Crippen LogP contribution in [-0.2, 0) is 23.6 Å². The SMILES string of the molecule is CC(C)=C=C(c1c(C2=C[CH]C=C2)nnn1Cc1ccccc1)[Si](C)(C)C.[CH]1C=CC=C1.[Fe]. The minimum atomic E-state index is -1.66. The molecule has 1 heterocycles. The van der Waals surface area contributed by atoms with Crippen LogP contribution in [0.4, 0.5) is 0 Å². The van der Waals surface area contributed by atoms with E-state index < -0.39 is 8.07 Å². The predicted octanol–water partition coefficient (Wildman–Crippen LogP) is 6.62. The average Bonchev–Trinajstić information content (AvgIpc) is 3.49. The van der Waals surface area contributed by atoms with E-state index in [4.69, 9.17) is 0 Å². The summed E-state index contributed by atoms with van der Waals surface area (Å²) in [6, 6.07) is 10.4. The third-order valence-electron chi connectivity index (χ3n) is 4.76. The van der Waals surface area contributed by atoms with E-state index in [1.54, 1.807) is 0 Å². The molecule has 0 atom stereocenters. The second-order valence-corrected chi connectivity index (χ2v) is 13.8. The molecular formula is C27H31FeN3Si. The largest absolute Gasteiger partial charge is 0.240 e. The van der Waals surface area contributed by atoms with Gasteiger partial charge in [0.2, 0.25) is 0 Å². The van der Waals surface area contributed by atoms with Gasteiger partial charge in [-0.3, -0.25) is 0 Å². The van der Waals surface area contributed by atoms with E-state index in [-0.39, 0.29) is 17.1 Å². The Morgan fingerprint density at radius 2 is 1.62 bits per heavy atom. The molecule has 0 N–H and O–H groups in total. The molecular weight excluding hydrogens is 450 g/mol. The maximum Gasteiger partial charge on any atom is 0.120 e.